The summed E-state index contributed by atoms with van der Waals surface area (Å²) in [6.45, 7) is -0.108. The van der Waals surface area contributed by atoms with Crippen molar-refractivity contribution in [3.8, 4) is 11.8 Å². The second-order valence-electron chi connectivity index (χ2n) is 5.60. The molecule has 2 N–H and O–H groups in total. The molecule has 27 heavy (non-hydrogen) atoms. The van der Waals surface area contributed by atoms with Crippen LogP contribution in [0.1, 0.15) is 15.9 Å². The summed E-state index contributed by atoms with van der Waals surface area (Å²) >= 11 is 1.53. The van der Waals surface area contributed by atoms with Crippen LogP contribution in [0.2, 0.25) is 0 Å². The van der Waals surface area contributed by atoms with Gasteiger partial charge in [-0.3, -0.25) is 9.59 Å². The molecule has 7 heteroatoms. The first kappa shape index (κ1) is 20.3. The van der Waals surface area contributed by atoms with Gasteiger partial charge in [-0.15, -0.1) is 0 Å². The number of nitriles is 1. The van der Waals surface area contributed by atoms with Crippen LogP contribution in [0, 0.1) is 11.3 Å². The maximum atomic E-state index is 12.6. The molecule has 0 unspecified atom stereocenters. The van der Waals surface area contributed by atoms with E-state index in [1.54, 1.807) is 24.3 Å². The molecule has 0 heterocycles. The van der Waals surface area contributed by atoms with Crippen molar-refractivity contribution >= 4 is 23.6 Å². The van der Waals surface area contributed by atoms with Crippen molar-refractivity contribution in [2.45, 2.75) is 11.8 Å². The number of rotatable bonds is 9. The molecular formula is C20H21N3O3S. The van der Waals surface area contributed by atoms with Gasteiger partial charge in [0.2, 0.25) is 5.91 Å². The molecule has 0 saturated heterocycles. The number of nitrogens with one attached hydrogen (secondary N) is 2. The van der Waals surface area contributed by atoms with Gasteiger partial charge in [0.1, 0.15) is 18.3 Å². The van der Waals surface area contributed by atoms with Crippen molar-refractivity contribution in [3.63, 3.8) is 0 Å². The fourth-order valence-electron chi connectivity index (χ4n) is 2.37. The first-order valence-electron chi connectivity index (χ1n) is 8.36. The van der Waals surface area contributed by atoms with Crippen molar-refractivity contribution in [2.75, 3.05) is 19.4 Å². The number of nitrogens with zero attached hydrogens (tertiary/aromatic N) is 1. The first-order valence-corrected chi connectivity index (χ1v) is 9.51. The lowest BCUT2D eigenvalue weighted by atomic mass is 10.1. The number of para-hydroxylation sites is 1. The lowest BCUT2D eigenvalue weighted by Crippen LogP contribution is -2.48. The Morgan fingerprint density at radius 1 is 1.15 bits per heavy atom. The van der Waals surface area contributed by atoms with Gasteiger partial charge in [0.25, 0.3) is 5.91 Å². The average molecular weight is 383 g/mol. The Balaban J connectivity index is 2.03. The normalized spacial score (nSPS) is 11.1. The molecule has 2 amide bonds. The van der Waals surface area contributed by atoms with Crippen molar-refractivity contribution in [2.24, 2.45) is 0 Å². The van der Waals surface area contributed by atoms with Crippen LogP contribution in [-0.2, 0) is 10.5 Å². The molecule has 0 bridgehead atoms. The third-order valence-electron chi connectivity index (χ3n) is 3.71. The number of carbonyl (C=O) groups excluding carboxylic acids is 2. The molecule has 0 aliphatic heterocycles. The minimum atomic E-state index is -0.760. The predicted molar refractivity (Wildman–Crippen MR) is 105 cm³/mol. The fourth-order valence-corrected chi connectivity index (χ4v) is 3.39. The van der Waals surface area contributed by atoms with Gasteiger partial charge >= 0.3 is 0 Å². The Bertz CT molecular complexity index is 806. The molecule has 0 saturated carbocycles. The van der Waals surface area contributed by atoms with E-state index in [-0.39, 0.29) is 12.5 Å². The van der Waals surface area contributed by atoms with Crippen LogP contribution in [0.15, 0.2) is 54.6 Å². The Morgan fingerprint density at radius 2 is 1.85 bits per heavy atom. The second-order valence-corrected chi connectivity index (χ2v) is 6.63. The van der Waals surface area contributed by atoms with E-state index in [2.05, 4.69) is 10.6 Å². The molecule has 2 aromatic carbocycles. The van der Waals surface area contributed by atoms with Crippen molar-refractivity contribution in [3.05, 3.63) is 65.7 Å². The number of ether oxygens (including phenoxy) is 1. The van der Waals surface area contributed by atoms with E-state index in [9.17, 15) is 9.59 Å². The molecule has 6 nitrogen and oxygen atoms in total. The van der Waals surface area contributed by atoms with E-state index in [0.29, 0.717) is 22.8 Å². The van der Waals surface area contributed by atoms with Crippen LogP contribution in [-0.4, -0.2) is 37.3 Å². The number of methoxy groups -OCH3 is 1. The number of thioether (sulfide) groups is 1. The largest absolute Gasteiger partial charge is 0.496 e. The van der Waals surface area contributed by atoms with E-state index in [1.807, 2.05) is 36.4 Å². The zero-order valence-corrected chi connectivity index (χ0v) is 15.8. The number of hydrogen-bond donors (Lipinski definition) is 2. The van der Waals surface area contributed by atoms with E-state index >= 15 is 0 Å². The summed E-state index contributed by atoms with van der Waals surface area (Å²) in [7, 11) is 1.49. The molecular weight excluding hydrogens is 362 g/mol. The lowest BCUT2D eigenvalue weighted by molar-refractivity contribution is -0.122. The van der Waals surface area contributed by atoms with Gasteiger partial charge in [-0.25, -0.2) is 0 Å². The van der Waals surface area contributed by atoms with Crippen LogP contribution in [0.25, 0.3) is 0 Å². The third kappa shape index (κ3) is 6.35. The highest BCUT2D eigenvalue weighted by molar-refractivity contribution is 7.98. The van der Waals surface area contributed by atoms with Gasteiger partial charge in [0.05, 0.1) is 18.7 Å². The summed E-state index contributed by atoms with van der Waals surface area (Å²) in [6.07, 6.45) is 0. The first-order chi connectivity index (χ1) is 13.2. The Hall–Kier alpha value is -2.98. The van der Waals surface area contributed by atoms with Crippen LogP contribution in [0.4, 0.5) is 0 Å². The summed E-state index contributed by atoms with van der Waals surface area (Å²) in [5.74, 6) is 0.744. The highest BCUT2D eigenvalue weighted by atomic mass is 32.2. The van der Waals surface area contributed by atoms with Crippen LogP contribution in [0.5, 0.6) is 5.75 Å². The van der Waals surface area contributed by atoms with Gasteiger partial charge < -0.3 is 15.4 Å². The van der Waals surface area contributed by atoms with Gasteiger partial charge in [-0.2, -0.15) is 17.0 Å². The van der Waals surface area contributed by atoms with Crippen molar-refractivity contribution in [1.82, 2.24) is 10.6 Å². The number of carbonyl (C=O) groups is 2. The Kier molecular flexibility index (Phi) is 8.20. The smallest absolute Gasteiger partial charge is 0.255 e. The lowest BCUT2D eigenvalue weighted by Gasteiger charge is -2.18. The Labute approximate surface area is 162 Å². The molecule has 0 radical (unpaired) electrons. The number of amides is 2. The Morgan fingerprint density at radius 3 is 2.56 bits per heavy atom. The predicted octanol–water partition coefficient (Wildman–Crippen LogP) is 2.37. The molecule has 1 atom stereocenters. The van der Waals surface area contributed by atoms with Gasteiger partial charge in [0.15, 0.2) is 0 Å². The minimum absolute atomic E-state index is 0.108. The standard InChI is InChI=1S/C20H21N3O3S/c1-26-18-10-6-5-9-16(18)19(24)23-17(20(25)22-12-11-21)14-27-13-15-7-3-2-4-8-15/h2-10,17H,12-14H2,1H3,(H,22,25)(H,23,24)/t17-/m0/s1. The summed E-state index contributed by atoms with van der Waals surface area (Å²) in [5.41, 5.74) is 1.49. The molecule has 0 fully saturated rings. The van der Waals surface area contributed by atoms with E-state index in [1.165, 1.54) is 18.9 Å². The van der Waals surface area contributed by atoms with E-state index in [4.69, 9.17) is 10.00 Å². The molecule has 0 aromatic heterocycles. The molecule has 0 aliphatic rings. The zero-order chi connectivity index (χ0) is 19.5. The maximum Gasteiger partial charge on any atom is 0.255 e. The summed E-state index contributed by atoms with van der Waals surface area (Å²) in [4.78, 5) is 24.9. The highest BCUT2D eigenvalue weighted by Crippen LogP contribution is 2.18. The van der Waals surface area contributed by atoms with Crippen LogP contribution < -0.4 is 15.4 Å². The molecule has 2 rings (SSSR count). The zero-order valence-electron chi connectivity index (χ0n) is 15.0. The number of hydrogen-bond acceptors (Lipinski definition) is 5. The third-order valence-corrected chi connectivity index (χ3v) is 4.82. The van der Waals surface area contributed by atoms with Crippen molar-refractivity contribution < 1.29 is 14.3 Å². The topological polar surface area (TPSA) is 91.2 Å². The molecule has 0 aliphatic carbocycles. The minimum Gasteiger partial charge on any atom is -0.496 e. The van der Waals surface area contributed by atoms with E-state index < -0.39 is 11.9 Å². The second kappa shape index (κ2) is 10.9. The fraction of sp³-hybridized carbons (Fsp3) is 0.250. The summed E-state index contributed by atoms with van der Waals surface area (Å²) < 4.78 is 5.20. The highest BCUT2D eigenvalue weighted by Gasteiger charge is 2.22. The average Bonchev–Trinajstić information content (AvgIpc) is 2.71. The van der Waals surface area contributed by atoms with Crippen LogP contribution in [0.3, 0.4) is 0 Å². The maximum absolute atomic E-state index is 12.6. The monoisotopic (exact) mass is 383 g/mol. The summed E-state index contributed by atoms with van der Waals surface area (Å²) in [6, 6.07) is 17.8. The van der Waals surface area contributed by atoms with Crippen LogP contribution >= 0.6 is 11.8 Å². The SMILES string of the molecule is COc1ccccc1C(=O)N[C@@H](CSCc1ccccc1)C(=O)NCC#N. The van der Waals surface area contributed by atoms with Gasteiger partial charge in [-0.1, -0.05) is 42.5 Å². The molecule has 0 spiro atoms. The summed E-state index contributed by atoms with van der Waals surface area (Å²) in [5, 5.41) is 13.9. The quantitative estimate of drug-likeness (QED) is 0.649. The van der Waals surface area contributed by atoms with Gasteiger partial charge in [0, 0.05) is 11.5 Å². The van der Waals surface area contributed by atoms with E-state index in [0.717, 1.165) is 5.56 Å². The molecule has 140 valence electrons. The van der Waals surface area contributed by atoms with Crippen molar-refractivity contribution in [1.29, 1.82) is 5.26 Å². The van der Waals surface area contributed by atoms with Gasteiger partial charge in [-0.05, 0) is 17.7 Å². The number of benzene rings is 2. The molecule has 2 aromatic rings.